The zero-order valence-electron chi connectivity index (χ0n) is 33.7. The number of aliphatic hydroxyl groups excluding tert-OH is 1. The highest BCUT2D eigenvalue weighted by molar-refractivity contribution is 5.69. The predicted octanol–water partition coefficient (Wildman–Crippen LogP) is 8.40. The normalized spacial score (nSPS) is 14.4. The summed E-state index contributed by atoms with van der Waals surface area (Å²) in [6, 6.07) is 4.97. The van der Waals surface area contributed by atoms with E-state index in [9.17, 15) is 48.1 Å². The molecule has 2 aliphatic rings. The number of hydrogen-bond acceptors (Lipinski definition) is 12. The number of benzene rings is 2. The number of hydrogen-bond donors (Lipinski definition) is 2. The van der Waals surface area contributed by atoms with Crippen LogP contribution in [0.2, 0.25) is 0 Å². The Morgan fingerprint density at radius 1 is 0.754 bits per heavy atom. The number of β-amino-alcohol motifs (C(OH)–C–C–N with tert-alkyl or cyclic N) is 1. The molecule has 2 saturated heterocycles. The van der Waals surface area contributed by atoms with Gasteiger partial charge in [-0.05, 0) is 90.4 Å². The number of likely N-dealkylation sites (tertiary alicyclic amines) is 2. The summed E-state index contributed by atoms with van der Waals surface area (Å²) in [7, 11) is 0. The van der Waals surface area contributed by atoms with Crippen LogP contribution in [-0.4, -0.2) is 96.8 Å². The highest BCUT2D eigenvalue weighted by Crippen LogP contribution is 2.25. The fourth-order valence-electron chi connectivity index (χ4n) is 4.30. The van der Waals surface area contributed by atoms with Gasteiger partial charge in [0.2, 0.25) is 0 Å². The standard InChI is InChI=1S/C15H19FN2O5.C9H17NO3.C9H4.C6H3F2NO2.CH4.HNO3.6H2/c1-15(2,3)23-14(19)17-5-4-12(9-17)22-13-7-10(16)6-11(8-13)18(20)21;1-9(2,3)13-8(12)10-5-4-7(11)6-10;1-3-5-7-9-8-6-4-2;7-4-1-5(8)3-6(2-4)9(10)11;;2-1(3)4;;;;;;/h6-8,12H,4-5,9H2,1-3H3;7,11H,4-6H2,1-3H3;1H,2H3;1-3H;1H4;(H,2,3,4);6*1H/t12-;7-;;;;;;;;;;/m11........../s1. The molecular weight excluding hydrogens is 815 g/mol. The maximum Gasteiger partial charge on any atom is 0.410 e. The topological polar surface area (TPSA) is 238 Å². The largest absolute Gasteiger partial charge is 0.488 e. The molecule has 0 saturated carbocycles. The van der Waals surface area contributed by atoms with Crippen molar-refractivity contribution in [3.05, 3.63) is 84.2 Å². The molecule has 18 nitrogen and oxygen atoms in total. The molecule has 2 heterocycles. The fraction of sp³-hybridized carbons (Fsp3) is 0.450. The number of carbonyl (C=O) groups is 2. The van der Waals surface area contributed by atoms with Crippen LogP contribution < -0.4 is 4.74 Å². The number of halogens is 3. The van der Waals surface area contributed by atoms with Crippen molar-refractivity contribution in [1.29, 1.82) is 0 Å². The molecule has 2 atom stereocenters. The van der Waals surface area contributed by atoms with Crippen LogP contribution in [0.25, 0.3) is 0 Å². The minimum atomic E-state index is -1.50. The Bertz CT molecular complexity index is 2050. The smallest absolute Gasteiger partial charge is 0.410 e. The number of non-ortho nitro benzene ring substituents is 2. The first kappa shape index (κ1) is 55.9. The summed E-state index contributed by atoms with van der Waals surface area (Å²) in [5.41, 5.74) is -1.99. The lowest BCUT2D eigenvalue weighted by Crippen LogP contribution is -2.36. The van der Waals surface area contributed by atoms with Gasteiger partial charge in [-0.1, -0.05) is 13.3 Å². The molecule has 0 radical (unpaired) electrons. The van der Waals surface area contributed by atoms with E-state index < -0.39 is 55.4 Å². The van der Waals surface area contributed by atoms with E-state index >= 15 is 0 Å². The third-order valence-electron chi connectivity index (χ3n) is 6.49. The molecule has 0 bridgehead atoms. The summed E-state index contributed by atoms with van der Waals surface area (Å²) in [5.74, 6) is 14.4. The molecule has 21 heteroatoms. The second-order valence-electron chi connectivity index (χ2n) is 13.9. The first-order valence-electron chi connectivity index (χ1n) is 17.3. The molecule has 0 aliphatic carbocycles. The van der Waals surface area contributed by atoms with Crippen molar-refractivity contribution in [2.75, 3.05) is 26.2 Å². The van der Waals surface area contributed by atoms with Gasteiger partial charge in [0.1, 0.15) is 40.5 Å². The Morgan fingerprint density at radius 3 is 1.57 bits per heavy atom. The lowest BCUT2D eigenvalue weighted by molar-refractivity contribution is -0.742. The fourth-order valence-corrected chi connectivity index (χ4v) is 4.30. The van der Waals surface area contributed by atoms with E-state index in [4.69, 9.17) is 36.0 Å². The highest BCUT2D eigenvalue weighted by atomic mass is 19.1. The summed E-state index contributed by atoms with van der Waals surface area (Å²) in [5, 5.41) is 43.5. The van der Waals surface area contributed by atoms with Crippen molar-refractivity contribution in [2.45, 2.75) is 92.1 Å². The SMILES string of the molecule is C.C#CC#CC#CC#CC.CC(C)(C)OC(=O)N1CC[C@@H](O)C1.CC(C)(C)OC(=O)N1CC[C@@H](Oc2cc(F)cc([N+](=O)[O-])c2)C1.O=[N+]([O-])O.O=[N+]([O-])c1cc(F)cc(F)c1.[HH].[HH].[HH].[HH].[HH].[HH]. The minimum absolute atomic E-state index is 0. The third kappa shape index (κ3) is 27.2. The van der Waals surface area contributed by atoms with Crippen molar-refractivity contribution in [2.24, 2.45) is 0 Å². The Balaban J connectivity index is -0.000000115. The first-order valence-corrected chi connectivity index (χ1v) is 17.3. The van der Waals surface area contributed by atoms with Crippen molar-refractivity contribution in [1.82, 2.24) is 9.80 Å². The number of ether oxygens (including phenoxy) is 3. The molecule has 2 aromatic rings. The van der Waals surface area contributed by atoms with Crippen LogP contribution >= 0.6 is 0 Å². The molecule has 0 aromatic heterocycles. The Labute approximate surface area is 360 Å². The quantitative estimate of drug-likeness (QED) is 0.167. The number of terminal acetylenes is 1. The molecule has 0 spiro atoms. The Hall–Kier alpha value is -7.23. The average molecular weight is 876 g/mol. The number of nitro benzene ring substituents is 2. The van der Waals surface area contributed by atoms with Crippen LogP contribution in [0, 0.1) is 95.7 Å². The summed E-state index contributed by atoms with van der Waals surface area (Å²) in [4.78, 5) is 53.9. The summed E-state index contributed by atoms with van der Waals surface area (Å²) in [6.45, 7) is 14.3. The van der Waals surface area contributed by atoms with Gasteiger partial charge in [0.15, 0.2) is 0 Å². The molecule has 2 N–H and O–H groups in total. The van der Waals surface area contributed by atoms with E-state index in [-0.39, 0.29) is 45.7 Å². The first-order chi connectivity index (χ1) is 27.8. The maximum absolute atomic E-state index is 13.4. The van der Waals surface area contributed by atoms with E-state index in [1.54, 1.807) is 27.7 Å². The van der Waals surface area contributed by atoms with Gasteiger partial charge in [0, 0.05) is 46.7 Å². The molecule has 2 aromatic carbocycles. The summed E-state index contributed by atoms with van der Waals surface area (Å²) >= 11 is 0. The van der Waals surface area contributed by atoms with Crippen LogP contribution in [-0.2, 0) is 9.47 Å². The van der Waals surface area contributed by atoms with E-state index in [0.717, 1.165) is 12.1 Å². The van der Waals surface area contributed by atoms with Gasteiger partial charge >= 0.3 is 12.2 Å². The van der Waals surface area contributed by atoms with Crippen LogP contribution in [0.5, 0.6) is 5.75 Å². The predicted molar refractivity (Wildman–Crippen MR) is 227 cm³/mol. The molecule has 0 unspecified atom stereocenters. The van der Waals surface area contributed by atoms with Gasteiger partial charge in [-0.25, -0.2) is 22.8 Å². The highest BCUT2D eigenvalue weighted by Gasteiger charge is 2.31. The molecule has 2 aliphatic heterocycles. The van der Waals surface area contributed by atoms with Gasteiger partial charge in [-0.3, -0.25) is 20.2 Å². The molecular formula is C40H60F3N5O13. The molecule has 2 fully saturated rings. The molecule has 344 valence electrons. The van der Waals surface area contributed by atoms with Gasteiger partial charge in [0.05, 0.1) is 46.8 Å². The zero-order chi connectivity index (χ0) is 46.2. The van der Waals surface area contributed by atoms with Crippen molar-refractivity contribution in [3.8, 4) is 53.6 Å². The van der Waals surface area contributed by atoms with E-state index in [1.165, 1.54) is 15.9 Å². The number of amides is 2. The zero-order valence-corrected chi connectivity index (χ0v) is 33.7. The van der Waals surface area contributed by atoms with Gasteiger partial charge < -0.3 is 34.3 Å². The van der Waals surface area contributed by atoms with Gasteiger partial charge in [0.25, 0.3) is 16.5 Å². The summed E-state index contributed by atoms with van der Waals surface area (Å²) < 4.78 is 53.9. The van der Waals surface area contributed by atoms with E-state index in [1.807, 2.05) is 20.8 Å². The molecule has 61 heavy (non-hydrogen) atoms. The van der Waals surface area contributed by atoms with Gasteiger partial charge in [-0.15, -0.1) is 16.5 Å². The number of carbonyl (C=O) groups excluding carboxylic acids is 2. The molecule has 4 rings (SSSR count). The monoisotopic (exact) mass is 875 g/mol. The Kier molecular flexibility index (Phi) is 25.1. The van der Waals surface area contributed by atoms with Crippen molar-refractivity contribution in [3.63, 3.8) is 0 Å². The van der Waals surface area contributed by atoms with Crippen LogP contribution in [0.4, 0.5) is 34.1 Å². The van der Waals surface area contributed by atoms with Crippen LogP contribution in [0.15, 0.2) is 36.4 Å². The lowest BCUT2D eigenvalue weighted by atomic mass is 10.2. The minimum Gasteiger partial charge on any atom is -0.488 e. The number of nitrogens with zero attached hydrogens (tertiary/aromatic N) is 5. The average Bonchev–Trinajstić information content (AvgIpc) is 3.76. The maximum atomic E-state index is 13.4. The number of aliphatic hydroxyl groups is 1. The summed E-state index contributed by atoms with van der Waals surface area (Å²) in [6.07, 6.45) is 4.51. The van der Waals surface area contributed by atoms with Crippen LogP contribution in [0.3, 0.4) is 0 Å². The third-order valence-corrected chi connectivity index (χ3v) is 6.49. The second kappa shape index (κ2) is 27.5. The van der Waals surface area contributed by atoms with Gasteiger partial charge in [-0.2, -0.15) is 0 Å². The van der Waals surface area contributed by atoms with Crippen molar-refractivity contribution >= 4 is 23.6 Å². The second-order valence-corrected chi connectivity index (χ2v) is 13.9. The number of nitro groups is 2. The number of rotatable bonds is 4. The van der Waals surface area contributed by atoms with E-state index in [2.05, 4.69) is 41.4 Å². The Morgan fingerprint density at radius 2 is 1.16 bits per heavy atom. The molecule has 2 amide bonds. The van der Waals surface area contributed by atoms with Crippen LogP contribution in [0.1, 0.15) is 77.3 Å². The van der Waals surface area contributed by atoms with E-state index in [0.29, 0.717) is 57.2 Å². The lowest BCUT2D eigenvalue weighted by Gasteiger charge is -2.24. The van der Waals surface area contributed by atoms with Crippen molar-refractivity contribution < 1.29 is 70.8 Å².